The maximum Gasteiger partial charge on any atom is 0.147 e. The van der Waals surface area contributed by atoms with Crippen LogP contribution in [0, 0.1) is 5.92 Å². The van der Waals surface area contributed by atoms with E-state index in [0.29, 0.717) is 11.9 Å². The summed E-state index contributed by atoms with van der Waals surface area (Å²) < 4.78 is 0. The van der Waals surface area contributed by atoms with Crippen LogP contribution < -0.4 is 10.6 Å². The van der Waals surface area contributed by atoms with E-state index in [1.807, 2.05) is 0 Å². The van der Waals surface area contributed by atoms with E-state index in [2.05, 4.69) is 28.7 Å². The van der Waals surface area contributed by atoms with Crippen molar-refractivity contribution in [3.8, 4) is 0 Å². The van der Waals surface area contributed by atoms with Gasteiger partial charge in [0.05, 0.1) is 12.4 Å². The Labute approximate surface area is 90.5 Å². The van der Waals surface area contributed by atoms with E-state index in [1.54, 1.807) is 12.4 Å². The number of aromatic nitrogens is 2. The summed E-state index contributed by atoms with van der Waals surface area (Å²) in [6.45, 7) is 5.59. The van der Waals surface area contributed by atoms with Gasteiger partial charge in [0.2, 0.25) is 0 Å². The summed E-state index contributed by atoms with van der Waals surface area (Å²) in [7, 11) is 0. The van der Waals surface area contributed by atoms with Gasteiger partial charge in [-0.25, -0.2) is 9.97 Å². The highest BCUT2D eigenvalue weighted by molar-refractivity contribution is 5.40. The molecule has 0 aliphatic carbocycles. The van der Waals surface area contributed by atoms with E-state index in [1.165, 1.54) is 12.8 Å². The van der Waals surface area contributed by atoms with Gasteiger partial charge in [-0.15, -0.1) is 0 Å². The molecule has 82 valence electrons. The molecule has 1 aliphatic rings. The zero-order valence-electron chi connectivity index (χ0n) is 9.35. The molecule has 1 aromatic rings. The number of hydrogen-bond donors (Lipinski definition) is 1. The van der Waals surface area contributed by atoms with Gasteiger partial charge in [-0.05, 0) is 25.7 Å². The highest BCUT2D eigenvalue weighted by Gasteiger charge is 2.23. The Hall–Kier alpha value is -1.32. The highest BCUT2D eigenvalue weighted by atomic mass is 15.2. The molecule has 0 aromatic carbocycles. The van der Waals surface area contributed by atoms with Gasteiger partial charge < -0.3 is 10.6 Å². The average Bonchev–Trinajstić information content (AvgIpc) is 2.23. The zero-order valence-corrected chi connectivity index (χ0v) is 9.35. The summed E-state index contributed by atoms with van der Waals surface area (Å²) in [5.74, 6) is 2.17. The monoisotopic (exact) mass is 206 g/mol. The summed E-state index contributed by atoms with van der Waals surface area (Å²) in [4.78, 5) is 10.7. The zero-order chi connectivity index (χ0) is 10.8. The standard InChI is InChI=1S/C11H18N4/c1-8-3-4-9(2)15(7-8)11-6-13-10(12)5-14-11/h5-6,8-9H,3-4,7H2,1-2H3,(H2,12,13). The van der Waals surface area contributed by atoms with Gasteiger partial charge in [0.1, 0.15) is 11.6 Å². The Morgan fingerprint density at radius 1 is 1.27 bits per heavy atom. The van der Waals surface area contributed by atoms with Crippen LogP contribution in [0.2, 0.25) is 0 Å². The van der Waals surface area contributed by atoms with Crippen LogP contribution in [0.1, 0.15) is 26.7 Å². The van der Waals surface area contributed by atoms with Crippen LogP contribution in [0.4, 0.5) is 11.6 Å². The van der Waals surface area contributed by atoms with Gasteiger partial charge in [0.25, 0.3) is 0 Å². The second kappa shape index (κ2) is 4.04. The largest absolute Gasteiger partial charge is 0.382 e. The lowest BCUT2D eigenvalue weighted by molar-refractivity contribution is 0.388. The van der Waals surface area contributed by atoms with E-state index >= 15 is 0 Å². The fraction of sp³-hybridized carbons (Fsp3) is 0.636. The van der Waals surface area contributed by atoms with Crippen LogP contribution in [0.15, 0.2) is 12.4 Å². The molecule has 0 saturated carbocycles. The first-order valence-electron chi connectivity index (χ1n) is 5.51. The average molecular weight is 206 g/mol. The van der Waals surface area contributed by atoms with E-state index < -0.39 is 0 Å². The lowest BCUT2D eigenvalue weighted by Crippen LogP contribution is -2.41. The molecule has 1 aromatic heterocycles. The molecule has 1 fully saturated rings. The highest BCUT2D eigenvalue weighted by Crippen LogP contribution is 2.25. The Kier molecular flexibility index (Phi) is 2.75. The number of nitrogens with two attached hydrogens (primary N) is 1. The topological polar surface area (TPSA) is 55.0 Å². The molecule has 0 bridgehead atoms. The van der Waals surface area contributed by atoms with Crippen LogP contribution >= 0.6 is 0 Å². The van der Waals surface area contributed by atoms with Crippen molar-refractivity contribution in [1.29, 1.82) is 0 Å². The van der Waals surface area contributed by atoms with Gasteiger partial charge in [-0.2, -0.15) is 0 Å². The molecular formula is C11H18N4. The quantitative estimate of drug-likeness (QED) is 0.759. The van der Waals surface area contributed by atoms with Gasteiger partial charge in [-0.1, -0.05) is 6.92 Å². The minimum atomic E-state index is 0.483. The van der Waals surface area contributed by atoms with Crippen molar-refractivity contribution in [3.63, 3.8) is 0 Å². The molecule has 2 unspecified atom stereocenters. The minimum Gasteiger partial charge on any atom is -0.382 e. The van der Waals surface area contributed by atoms with Crippen molar-refractivity contribution >= 4 is 11.6 Å². The first-order chi connectivity index (χ1) is 7.16. The lowest BCUT2D eigenvalue weighted by Gasteiger charge is -2.37. The van der Waals surface area contributed by atoms with Crippen LogP contribution in [0.3, 0.4) is 0 Å². The number of nitrogens with zero attached hydrogens (tertiary/aromatic N) is 3. The summed E-state index contributed by atoms with van der Waals surface area (Å²) >= 11 is 0. The molecule has 15 heavy (non-hydrogen) atoms. The maximum absolute atomic E-state index is 5.53. The Balaban J connectivity index is 2.17. The van der Waals surface area contributed by atoms with Crippen molar-refractivity contribution < 1.29 is 0 Å². The first-order valence-corrected chi connectivity index (χ1v) is 5.51. The molecule has 0 amide bonds. The maximum atomic E-state index is 5.53. The number of piperidine rings is 1. The van der Waals surface area contributed by atoms with Crippen LogP contribution in [-0.4, -0.2) is 22.6 Å². The SMILES string of the molecule is CC1CCC(C)N(c2cnc(N)cn2)C1. The molecule has 2 rings (SSSR count). The van der Waals surface area contributed by atoms with E-state index in [9.17, 15) is 0 Å². The van der Waals surface area contributed by atoms with Gasteiger partial charge in [0, 0.05) is 12.6 Å². The van der Waals surface area contributed by atoms with Crippen molar-refractivity contribution in [2.75, 3.05) is 17.2 Å². The Morgan fingerprint density at radius 3 is 2.73 bits per heavy atom. The predicted molar refractivity (Wildman–Crippen MR) is 61.7 cm³/mol. The second-order valence-corrected chi connectivity index (χ2v) is 4.48. The normalized spacial score (nSPS) is 26.7. The summed E-state index contributed by atoms with van der Waals surface area (Å²) in [6, 6.07) is 0.555. The van der Waals surface area contributed by atoms with Crippen molar-refractivity contribution in [1.82, 2.24) is 9.97 Å². The lowest BCUT2D eigenvalue weighted by atomic mass is 9.95. The molecule has 1 saturated heterocycles. The van der Waals surface area contributed by atoms with Crippen LogP contribution in [-0.2, 0) is 0 Å². The Bertz CT molecular complexity index is 322. The number of rotatable bonds is 1. The fourth-order valence-corrected chi connectivity index (χ4v) is 2.09. The summed E-state index contributed by atoms with van der Waals surface area (Å²) in [6.07, 6.45) is 5.93. The fourth-order valence-electron chi connectivity index (χ4n) is 2.09. The number of nitrogen functional groups attached to an aromatic ring is 1. The molecule has 4 heteroatoms. The molecular weight excluding hydrogens is 188 g/mol. The van der Waals surface area contributed by atoms with Gasteiger partial charge >= 0.3 is 0 Å². The van der Waals surface area contributed by atoms with Crippen LogP contribution in [0.25, 0.3) is 0 Å². The molecule has 1 aliphatic heterocycles. The van der Waals surface area contributed by atoms with E-state index in [0.717, 1.165) is 18.3 Å². The van der Waals surface area contributed by atoms with E-state index in [-0.39, 0.29) is 0 Å². The van der Waals surface area contributed by atoms with Crippen molar-refractivity contribution in [2.24, 2.45) is 5.92 Å². The number of hydrogen-bond acceptors (Lipinski definition) is 4. The van der Waals surface area contributed by atoms with Gasteiger partial charge in [-0.3, -0.25) is 0 Å². The van der Waals surface area contributed by atoms with E-state index in [4.69, 9.17) is 5.73 Å². The Morgan fingerprint density at radius 2 is 2.07 bits per heavy atom. The van der Waals surface area contributed by atoms with Crippen LogP contribution in [0.5, 0.6) is 0 Å². The predicted octanol–water partition coefficient (Wildman–Crippen LogP) is 1.68. The summed E-state index contributed by atoms with van der Waals surface area (Å²) in [5.41, 5.74) is 5.53. The number of anilines is 2. The van der Waals surface area contributed by atoms with Gasteiger partial charge in [0.15, 0.2) is 0 Å². The summed E-state index contributed by atoms with van der Waals surface area (Å²) in [5, 5.41) is 0. The second-order valence-electron chi connectivity index (χ2n) is 4.48. The molecule has 0 spiro atoms. The molecule has 2 N–H and O–H groups in total. The smallest absolute Gasteiger partial charge is 0.147 e. The third-order valence-corrected chi connectivity index (χ3v) is 3.07. The first kappa shape index (κ1) is 10.2. The van der Waals surface area contributed by atoms with Crippen molar-refractivity contribution in [3.05, 3.63) is 12.4 Å². The molecule has 4 nitrogen and oxygen atoms in total. The minimum absolute atomic E-state index is 0.483. The molecule has 2 atom stereocenters. The third-order valence-electron chi connectivity index (χ3n) is 3.07. The third kappa shape index (κ3) is 2.19. The van der Waals surface area contributed by atoms with Crippen molar-refractivity contribution in [2.45, 2.75) is 32.7 Å². The molecule has 2 heterocycles. The molecule has 0 radical (unpaired) electrons.